The van der Waals surface area contributed by atoms with Crippen molar-refractivity contribution in [2.75, 3.05) is 18.3 Å². The fourth-order valence-corrected chi connectivity index (χ4v) is 1.66. The van der Waals surface area contributed by atoms with E-state index in [9.17, 15) is 9.18 Å². The smallest absolute Gasteiger partial charge is 0.306 e. The molecule has 0 radical (unpaired) electrons. The molecule has 0 bridgehead atoms. The highest BCUT2D eigenvalue weighted by Gasteiger charge is 2.08. The van der Waals surface area contributed by atoms with Gasteiger partial charge in [0.05, 0.1) is 19.7 Å². The number of carbonyl (C=O) groups excluding carboxylic acids is 1. The van der Waals surface area contributed by atoms with E-state index < -0.39 is 5.82 Å². The summed E-state index contributed by atoms with van der Waals surface area (Å²) in [4.78, 5) is 18.2. The fraction of sp³-hybridized carbons (Fsp3) is 0.375. The molecule has 88 valence electrons. The summed E-state index contributed by atoms with van der Waals surface area (Å²) in [5, 5.41) is 0.145. The average Bonchev–Trinajstić information content (AvgIpc) is 2.31. The third-order valence-electron chi connectivity index (χ3n) is 1.61. The van der Waals surface area contributed by atoms with Crippen LogP contribution in [0.4, 0.5) is 10.3 Å². The molecule has 0 fully saturated rings. The van der Waals surface area contributed by atoms with Gasteiger partial charge in [0, 0.05) is 5.75 Å². The van der Waals surface area contributed by atoms with Gasteiger partial charge in [-0.1, -0.05) is 0 Å². The number of carbonyl (C=O) groups is 1. The highest BCUT2D eigenvalue weighted by molar-refractivity contribution is 7.99. The summed E-state index contributed by atoms with van der Waals surface area (Å²) in [5.74, 6) is 4.70. The molecule has 1 aromatic rings. The van der Waals surface area contributed by atoms with Crippen LogP contribution < -0.4 is 11.3 Å². The molecule has 0 amide bonds. The number of esters is 1. The lowest BCUT2D eigenvalue weighted by Crippen LogP contribution is -2.11. The molecule has 0 aliphatic heterocycles. The van der Waals surface area contributed by atoms with Crippen LogP contribution in [0.2, 0.25) is 0 Å². The van der Waals surface area contributed by atoms with Crippen molar-refractivity contribution in [2.45, 2.75) is 11.4 Å². The van der Waals surface area contributed by atoms with E-state index in [2.05, 4.69) is 20.1 Å². The summed E-state index contributed by atoms with van der Waals surface area (Å²) < 4.78 is 17.6. The minimum Gasteiger partial charge on any atom is -0.469 e. The van der Waals surface area contributed by atoms with Gasteiger partial charge in [-0.2, -0.15) is 0 Å². The largest absolute Gasteiger partial charge is 0.469 e. The summed E-state index contributed by atoms with van der Waals surface area (Å²) in [6.45, 7) is 0. The van der Waals surface area contributed by atoms with E-state index in [0.29, 0.717) is 5.75 Å². The SMILES string of the molecule is COC(=O)CCSc1nc(NN)ncc1F. The van der Waals surface area contributed by atoms with Crippen molar-refractivity contribution in [3.8, 4) is 0 Å². The number of halogens is 1. The van der Waals surface area contributed by atoms with Crippen LogP contribution in [0.1, 0.15) is 6.42 Å². The molecule has 0 unspecified atom stereocenters. The Morgan fingerprint density at radius 2 is 2.50 bits per heavy atom. The van der Waals surface area contributed by atoms with Crippen LogP contribution in [0, 0.1) is 5.82 Å². The average molecular weight is 246 g/mol. The second-order valence-corrected chi connectivity index (χ2v) is 3.75. The zero-order valence-corrected chi connectivity index (χ0v) is 9.38. The normalized spacial score (nSPS) is 9.94. The Morgan fingerprint density at radius 1 is 1.75 bits per heavy atom. The zero-order chi connectivity index (χ0) is 12.0. The van der Waals surface area contributed by atoms with Gasteiger partial charge in [-0.25, -0.2) is 20.2 Å². The molecular weight excluding hydrogens is 235 g/mol. The molecule has 0 atom stereocenters. The summed E-state index contributed by atoms with van der Waals surface area (Å²) in [5.41, 5.74) is 2.21. The maximum atomic E-state index is 13.2. The fourth-order valence-electron chi connectivity index (χ4n) is 0.855. The lowest BCUT2D eigenvalue weighted by atomic mass is 10.5. The number of ether oxygens (including phenoxy) is 1. The molecule has 1 aromatic heterocycles. The Labute approximate surface area is 95.8 Å². The number of hydrogen-bond donors (Lipinski definition) is 2. The molecule has 8 heteroatoms. The molecule has 0 spiro atoms. The van der Waals surface area contributed by atoms with Gasteiger partial charge in [0.1, 0.15) is 5.03 Å². The van der Waals surface area contributed by atoms with Crippen LogP contribution >= 0.6 is 11.8 Å². The van der Waals surface area contributed by atoms with E-state index in [1.807, 2.05) is 0 Å². The first-order valence-electron chi connectivity index (χ1n) is 4.36. The van der Waals surface area contributed by atoms with E-state index in [1.165, 1.54) is 7.11 Å². The van der Waals surface area contributed by atoms with Gasteiger partial charge in [-0.15, -0.1) is 11.8 Å². The quantitative estimate of drug-likeness (QED) is 0.258. The van der Waals surface area contributed by atoms with Crippen LogP contribution in [-0.2, 0) is 9.53 Å². The second kappa shape index (κ2) is 6.23. The number of hydrazine groups is 1. The summed E-state index contributed by atoms with van der Waals surface area (Å²) in [6.07, 6.45) is 1.21. The molecule has 0 saturated heterocycles. The van der Waals surface area contributed by atoms with Crippen molar-refractivity contribution in [1.29, 1.82) is 0 Å². The van der Waals surface area contributed by atoms with Gasteiger partial charge < -0.3 is 4.74 Å². The van der Waals surface area contributed by atoms with Crippen molar-refractivity contribution in [2.24, 2.45) is 5.84 Å². The maximum absolute atomic E-state index is 13.2. The van der Waals surface area contributed by atoms with Gasteiger partial charge >= 0.3 is 5.97 Å². The van der Waals surface area contributed by atoms with Crippen molar-refractivity contribution in [3.05, 3.63) is 12.0 Å². The number of thioether (sulfide) groups is 1. The Kier molecular flexibility index (Phi) is 4.93. The first kappa shape index (κ1) is 12.7. The summed E-state index contributed by atoms with van der Waals surface area (Å²) in [7, 11) is 1.30. The molecule has 3 N–H and O–H groups in total. The second-order valence-electron chi connectivity index (χ2n) is 2.67. The van der Waals surface area contributed by atoms with E-state index >= 15 is 0 Å². The van der Waals surface area contributed by atoms with Crippen LogP contribution in [-0.4, -0.2) is 28.8 Å². The van der Waals surface area contributed by atoms with Gasteiger partial charge in [-0.05, 0) is 0 Å². The van der Waals surface area contributed by atoms with Gasteiger partial charge in [0.15, 0.2) is 5.82 Å². The molecule has 0 aliphatic rings. The first-order chi connectivity index (χ1) is 7.67. The van der Waals surface area contributed by atoms with Crippen LogP contribution in [0.5, 0.6) is 0 Å². The molecular formula is C8H11FN4O2S. The van der Waals surface area contributed by atoms with Crippen LogP contribution in [0.15, 0.2) is 11.2 Å². The zero-order valence-electron chi connectivity index (χ0n) is 8.57. The lowest BCUT2D eigenvalue weighted by Gasteiger charge is -2.03. The lowest BCUT2D eigenvalue weighted by molar-refractivity contribution is -0.140. The van der Waals surface area contributed by atoms with Gasteiger partial charge in [-0.3, -0.25) is 10.2 Å². The number of nitrogen functional groups attached to an aromatic ring is 1. The number of anilines is 1. The Morgan fingerprint density at radius 3 is 3.12 bits per heavy atom. The van der Waals surface area contributed by atoms with E-state index in [4.69, 9.17) is 5.84 Å². The highest BCUT2D eigenvalue weighted by atomic mass is 32.2. The monoisotopic (exact) mass is 246 g/mol. The van der Waals surface area contributed by atoms with Crippen LogP contribution in [0.3, 0.4) is 0 Å². The van der Waals surface area contributed by atoms with E-state index in [0.717, 1.165) is 18.0 Å². The molecule has 1 rings (SSSR count). The van der Waals surface area contributed by atoms with Gasteiger partial charge in [0.25, 0.3) is 0 Å². The molecule has 6 nitrogen and oxygen atoms in total. The number of rotatable bonds is 5. The Balaban J connectivity index is 2.55. The standard InChI is InChI=1S/C8H11FN4O2S/c1-15-6(14)2-3-16-7-5(9)4-11-8(12-7)13-10/h4H,2-3,10H2,1H3,(H,11,12,13). The maximum Gasteiger partial charge on any atom is 0.306 e. The predicted molar refractivity (Wildman–Crippen MR) is 57.2 cm³/mol. The van der Waals surface area contributed by atoms with Crippen molar-refractivity contribution in [3.63, 3.8) is 0 Å². The van der Waals surface area contributed by atoms with E-state index in [-0.39, 0.29) is 23.4 Å². The number of aromatic nitrogens is 2. The minimum absolute atomic E-state index is 0.127. The molecule has 16 heavy (non-hydrogen) atoms. The summed E-state index contributed by atoms with van der Waals surface area (Å²) >= 11 is 1.10. The minimum atomic E-state index is -0.547. The molecule has 0 aromatic carbocycles. The molecule has 1 heterocycles. The molecule has 0 saturated carbocycles. The topological polar surface area (TPSA) is 90.1 Å². The highest BCUT2D eigenvalue weighted by Crippen LogP contribution is 2.20. The number of nitrogens with one attached hydrogen (secondary N) is 1. The first-order valence-corrected chi connectivity index (χ1v) is 5.34. The van der Waals surface area contributed by atoms with E-state index in [1.54, 1.807) is 0 Å². The Bertz CT molecular complexity index is 377. The number of nitrogens with zero attached hydrogens (tertiary/aromatic N) is 2. The molecule has 0 aliphatic carbocycles. The Hall–Kier alpha value is -1.41. The van der Waals surface area contributed by atoms with Crippen molar-refractivity contribution < 1.29 is 13.9 Å². The van der Waals surface area contributed by atoms with Gasteiger partial charge in [0.2, 0.25) is 5.95 Å². The predicted octanol–water partition coefficient (Wildman–Crippen LogP) is 0.556. The number of methoxy groups -OCH3 is 1. The third kappa shape index (κ3) is 3.63. The van der Waals surface area contributed by atoms with Crippen LogP contribution in [0.25, 0.3) is 0 Å². The number of hydrogen-bond acceptors (Lipinski definition) is 7. The number of nitrogens with two attached hydrogens (primary N) is 1. The third-order valence-corrected chi connectivity index (χ3v) is 2.58. The summed E-state index contributed by atoms with van der Waals surface area (Å²) in [6, 6.07) is 0. The van der Waals surface area contributed by atoms with Crippen molar-refractivity contribution in [1.82, 2.24) is 9.97 Å². The van der Waals surface area contributed by atoms with Crippen molar-refractivity contribution >= 4 is 23.7 Å².